The molecular formula is C23H28N4O. The first-order valence-corrected chi connectivity index (χ1v) is 10.2. The molecule has 1 N–H and O–H groups in total. The Kier molecular flexibility index (Phi) is 5.33. The van der Waals surface area contributed by atoms with Crippen LogP contribution >= 0.6 is 0 Å². The van der Waals surface area contributed by atoms with E-state index in [0.29, 0.717) is 12.6 Å². The molecule has 0 spiro atoms. The Morgan fingerprint density at radius 2 is 1.86 bits per heavy atom. The molecule has 1 aliphatic carbocycles. The van der Waals surface area contributed by atoms with Crippen LogP contribution in [0.4, 0.5) is 5.82 Å². The van der Waals surface area contributed by atoms with E-state index in [4.69, 9.17) is 0 Å². The summed E-state index contributed by atoms with van der Waals surface area (Å²) in [5.41, 5.74) is 4.15. The Hall–Kier alpha value is -2.82. The Labute approximate surface area is 166 Å². The molecule has 1 aliphatic rings. The minimum atomic E-state index is -0.0648. The Balaban J connectivity index is 1.53. The molecule has 1 saturated carbocycles. The summed E-state index contributed by atoms with van der Waals surface area (Å²) in [5, 5.41) is 7.43. The van der Waals surface area contributed by atoms with Gasteiger partial charge >= 0.3 is 0 Å². The molecule has 0 unspecified atom stereocenters. The molecule has 5 nitrogen and oxygen atoms in total. The van der Waals surface area contributed by atoms with Crippen LogP contribution in [0.2, 0.25) is 0 Å². The molecule has 1 fully saturated rings. The van der Waals surface area contributed by atoms with E-state index in [9.17, 15) is 4.79 Å². The number of hydrogen-bond donors (Lipinski definition) is 1. The van der Waals surface area contributed by atoms with Crippen LogP contribution in [0, 0.1) is 13.8 Å². The summed E-state index contributed by atoms with van der Waals surface area (Å²) in [6.07, 6.45) is 8.03. The maximum absolute atomic E-state index is 13.0. The quantitative estimate of drug-likeness (QED) is 0.673. The average molecular weight is 377 g/mol. The van der Waals surface area contributed by atoms with Crippen LogP contribution < -0.4 is 5.32 Å². The lowest BCUT2D eigenvalue weighted by atomic mass is 9.95. The average Bonchev–Trinajstić information content (AvgIpc) is 3.26. The monoisotopic (exact) mass is 376 g/mol. The van der Waals surface area contributed by atoms with Gasteiger partial charge in [0.25, 0.3) is 5.91 Å². The van der Waals surface area contributed by atoms with E-state index in [1.807, 2.05) is 35.0 Å². The zero-order chi connectivity index (χ0) is 19.5. The van der Waals surface area contributed by atoms with Gasteiger partial charge in [-0.1, -0.05) is 49.6 Å². The summed E-state index contributed by atoms with van der Waals surface area (Å²) in [6, 6.07) is 14.5. The van der Waals surface area contributed by atoms with Gasteiger partial charge in [-0.05, 0) is 38.3 Å². The van der Waals surface area contributed by atoms with Crippen molar-refractivity contribution in [3.05, 3.63) is 71.2 Å². The molecule has 0 radical (unpaired) electrons. The third kappa shape index (κ3) is 3.75. The first kappa shape index (κ1) is 18.5. The Morgan fingerprint density at radius 3 is 2.61 bits per heavy atom. The van der Waals surface area contributed by atoms with Gasteiger partial charge in [0.1, 0.15) is 5.82 Å². The molecule has 2 aromatic heterocycles. The third-order valence-electron chi connectivity index (χ3n) is 5.80. The number of hydrogen-bond acceptors (Lipinski definition) is 2. The highest BCUT2D eigenvalue weighted by atomic mass is 16.1. The number of nitrogens with zero attached hydrogens (tertiary/aromatic N) is 3. The van der Waals surface area contributed by atoms with Crippen molar-refractivity contribution < 1.29 is 4.79 Å². The van der Waals surface area contributed by atoms with Crippen molar-refractivity contribution in [1.29, 1.82) is 0 Å². The molecule has 0 aliphatic heterocycles. The largest absolute Gasteiger partial charge is 0.345 e. The molecule has 0 atom stereocenters. The number of anilines is 1. The van der Waals surface area contributed by atoms with Crippen LogP contribution in [-0.2, 0) is 6.54 Å². The van der Waals surface area contributed by atoms with Crippen LogP contribution in [0.3, 0.4) is 0 Å². The first-order valence-electron chi connectivity index (χ1n) is 10.2. The molecule has 0 bridgehead atoms. The van der Waals surface area contributed by atoms with Crippen LogP contribution in [0.25, 0.3) is 0 Å². The Morgan fingerprint density at radius 1 is 1.11 bits per heavy atom. The number of carbonyl (C=O) groups excluding carboxylic acids is 1. The van der Waals surface area contributed by atoms with Gasteiger partial charge in [-0.25, -0.2) is 4.68 Å². The SMILES string of the molecule is Cc1cc(C(=O)Nc2ccnn2Cc2ccccc2)c(C)n1C1CCCCC1. The maximum Gasteiger partial charge on any atom is 0.258 e. The minimum absolute atomic E-state index is 0.0648. The van der Waals surface area contributed by atoms with E-state index in [-0.39, 0.29) is 5.91 Å². The topological polar surface area (TPSA) is 51.9 Å². The van der Waals surface area contributed by atoms with E-state index in [1.54, 1.807) is 6.20 Å². The van der Waals surface area contributed by atoms with Crippen molar-refractivity contribution in [2.45, 2.75) is 58.5 Å². The predicted molar refractivity (Wildman–Crippen MR) is 112 cm³/mol. The van der Waals surface area contributed by atoms with E-state index >= 15 is 0 Å². The molecule has 28 heavy (non-hydrogen) atoms. The first-order chi connectivity index (χ1) is 13.6. The molecule has 4 rings (SSSR count). The fraction of sp³-hybridized carbons (Fsp3) is 0.391. The molecule has 146 valence electrons. The van der Waals surface area contributed by atoms with Crippen molar-refractivity contribution in [1.82, 2.24) is 14.3 Å². The van der Waals surface area contributed by atoms with E-state index < -0.39 is 0 Å². The highest BCUT2D eigenvalue weighted by molar-refractivity contribution is 6.04. The summed E-state index contributed by atoms with van der Waals surface area (Å²) in [7, 11) is 0. The molecule has 3 aromatic rings. The lowest BCUT2D eigenvalue weighted by Gasteiger charge is -2.26. The standard InChI is InChI=1S/C23H28N4O/c1-17-15-21(18(2)27(17)20-11-7-4-8-12-20)23(28)25-22-13-14-24-26(22)16-19-9-5-3-6-10-19/h3,5-6,9-10,13-15,20H,4,7-8,11-12,16H2,1-2H3,(H,25,28). The van der Waals surface area contributed by atoms with Gasteiger partial charge < -0.3 is 9.88 Å². The van der Waals surface area contributed by atoms with E-state index in [0.717, 1.165) is 22.6 Å². The number of carbonyl (C=O) groups is 1. The van der Waals surface area contributed by atoms with E-state index in [1.165, 1.54) is 37.8 Å². The highest BCUT2D eigenvalue weighted by Crippen LogP contribution is 2.32. The fourth-order valence-corrected chi connectivity index (χ4v) is 4.41. The maximum atomic E-state index is 13.0. The second-order valence-electron chi connectivity index (χ2n) is 7.76. The number of aryl methyl sites for hydroxylation is 1. The van der Waals surface area contributed by atoms with Gasteiger partial charge in [0.2, 0.25) is 0 Å². The summed E-state index contributed by atoms with van der Waals surface area (Å²) in [5.74, 6) is 0.654. The molecule has 1 aromatic carbocycles. The summed E-state index contributed by atoms with van der Waals surface area (Å²) < 4.78 is 4.20. The van der Waals surface area contributed by atoms with Gasteiger partial charge in [-0.2, -0.15) is 5.10 Å². The van der Waals surface area contributed by atoms with Gasteiger partial charge in [0, 0.05) is 23.5 Å². The fourth-order valence-electron chi connectivity index (χ4n) is 4.41. The van der Waals surface area contributed by atoms with Gasteiger partial charge in [0.15, 0.2) is 0 Å². The summed E-state index contributed by atoms with van der Waals surface area (Å²) in [4.78, 5) is 13.0. The number of benzene rings is 1. The lowest BCUT2D eigenvalue weighted by molar-refractivity contribution is 0.102. The van der Waals surface area contributed by atoms with Crippen molar-refractivity contribution in [2.24, 2.45) is 0 Å². The second-order valence-corrected chi connectivity index (χ2v) is 7.76. The van der Waals surface area contributed by atoms with Gasteiger partial charge in [-0.15, -0.1) is 0 Å². The van der Waals surface area contributed by atoms with Crippen molar-refractivity contribution >= 4 is 11.7 Å². The number of nitrogens with one attached hydrogen (secondary N) is 1. The van der Waals surface area contributed by atoms with Crippen LogP contribution in [0.15, 0.2) is 48.7 Å². The Bertz CT molecular complexity index is 948. The number of amides is 1. The molecule has 1 amide bonds. The van der Waals surface area contributed by atoms with E-state index in [2.05, 4.69) is 41.0 Å². The number of aromatic nitrogens is 3. The van der Waals surface area contributed by atoms with Crippen molar-refractivity contribution in [2.75, 3.05) is 5.32 Å². The normalized spacial score (nSPS) is 14.9. The van der Waals surface area contributed by atoms with Crippen LogP contribution in [-0.4, -0.2) is 20.3 Å². The zero-order valence-electron chi connectivity index (χ0n) is 16.7. The molecule has 5 heteroatoms. The third-order valence-corrected chi connectivity index (χ3v) is 5.80. The van der Waals surface area contributed by atoms with Crippen LogP contribution in [0.1, 0.15) is 65.5 Å². The zero-order valence-corrected chi connectivity index (χ0v) is 16.7. The molecule has 2 heterocycles. The van der Waals surface area contributed by atoms with Gasteiger partial charge in [-0.3, -0.25) is 4.79 Å². The highest BCUT2D eigenvalue weighted by Gasteiger charge is 2.23. The number of rotatable bonds is 5. The molecule has 0 saturated heterocycles. The van der Waals surface area contributed by atoms with Gasteiger partial charge in [0.05, 0.1) is 18.3 Å². The predicted octanol–water partition coefficient (Wildman–Crippen LogP) is 5.11. The smallest absolute Gasteiger partial charge is 0.258 e. The lowest BCUT2D eigenvalue weighted by Crippen LogP contribution is -2.18. The summed E-state index contributed by atoms with van der Waals surface area (Å²) >= 11 is 0. The molecular weight excluding hydrogens is 348 g/mol. The minimum Gasteiger partial charge on any atom is -0.345 e. The second kappa shape index (κ2) is 8.05. The van der Waals surface area contributed by atoms with Crippen LogP contribution in [0.5, 0.6) is 0 Å². The van der Waals surface area contributed by atoms with Crippen molar-refractivity contribution in [3.8, 4) is 0 Å². The summed E-state index contributed by atoms with van der Waals surface area (Å²) in [6.45, 7) is 4.81. The van der Waals surface area contributed by atoms with Crippen molar-refractivity contribution in [3.63, 3.8) is 0 Å².